The van der Waals surface area contributed by atoms with E-state index in [0.717, 1.165) is 47.8 Å². The third kappa shape index (κ3) is 5.64. The molecule has 0 amide bonds. The zero-order valence-corrected chi connectivity index (χ0v) is 14.9. The fourth-order valence-corrected chi connectivity index (χ4v) is 5.51. The van der Waals surface area contributed by atoms with Crippen LogP contribution < -0.4 is 13.6 Å². The van der Waals surface area contributed by atoms with Crippen molar-refractivity contribution < 1.29 is 8.92 Å². The lowest BCUT2D eigenvalue weighted by Gasteiger charge is -2.42. The number of hydrogen-bond acceptors (Lipinski definition) is 4. The van der Waals surface area contributed by atoms with Gasteiger partial charge in [-0.3, -0.25) is 4.72 Å². The standard InChI is InChI=1S/C16H27NO2S2/c1-4-20-12-11-18-15-5-7-16(8-6-15)19-21(3)13-14(2)9-10-17-21/h5-8,14,17H,4,9-13H2,1-3H3/t14-/m1/s1. The summed E-state index contributed by atoms with van der Waals surface area (Å²) in [5.41, 5.74) is 0. The van der Waals surface area contributed by atoms with Crippen LogP contribution in [-0.4, -0.2) is 36.7 Å². The monoisotopic (exact) mass is 329 g/mol. The minimum absolute atomic E-state index is 0.741. The van der Waals surface area contributed by atoms with Gasteiger partial charge in [-0.05, 0) is 52.9 Å². The van der Waals surface area contributed by atoms with Crippen LogP contribution in [0.3, 0.4) is 0 Å². The SMILES string of the molecule is CCSCCOc1ccc(OS2(C)C[C@H](C)CCN2)cc1. The van der Waals surface area contributed by atoms with Gasteiger partial charge in [0.25, 0.3) is 0 Å². The van der Waals surface area contributed by atoms with Crippen molar-refractivity contribution in [1.29, 1.82) is 0 Å². The van der Waals surface area contributed by atoms with Gasteiger partial charge < -0.3 is 8.92 Å². The Kier molecular flexibility index (Phi) is 6.58. The van der Waals surface area contributed by atoms with E-state index in [1.165, 1.54) is 6.42 Å². The molecular formula is C16H27NO2S2. The van der Waals surface area contributed by atoms with Crippen LogP contribution >= 0.6 is 22.3 Å². The first-order valence-electron chi connectivity index (χ1n) is 7.62. The molecule has 2 rings (SSSR count). The predicted molar refractivity (Wildman–Crippen MR) is 95.7 cm³/mol. The van der Waals surface area contributed by atoms with Crippen molar-refractivity contribution in [2.24, 2.45) is 5.92 Å². The number of rotatable bonds is 7. The lowest BCUT2D eigenvalue weighted by molar-refractivity contribution is 0.343. The maximum atomic E-state index is 6.22. The number of hydrogen-bond donors (Lipinski definition) is 1. The first-order chi connectivity index (χ1) is 10.1. The first kappa shape index (κ1) is 16.8. The molecule has 120 valence electrons. The van der Waals surface area contributed by atoms with E-state index in [2.05, 4.69) is 24.8 Å². The summed E-state index contributed by atoms with van der Waals surface area (Å²) in [6.45, 7) is 6.30. The molecular weight excluding hydrogens is 302 g/mol. The van der Waals surface area contributed by atoms with E-state index in [4.69, 9.17) is 8.92 Å². The molecule has 5 heteroatoms. The van der Waals surface area contributed by atoms with Gasteiger partial charge in [0.1, 0.15) is 11.5 Å². The highest BCUT2D eigenvalue weighted by Gasteiger charge is 2.27. The van der Waals surface area contributed by atoms with E-state index in [1.807, 2.05) is 36.0 Å². The lowest BCUT2D eigenvalue weighted by Crippen LogP contribution is -2.36. The molecule has 3 nitrogen and oxygen atoms in total. The highest BCUT2D eigenvalue weighted by atomic mass is 32.3. The Bertz CT molecular complexity index is 427. The molecule has 1 aromatic carbocycles. The van der Waals surface area contributed by atoms with E-state index < -0.39 is 10.5 Å². The van der Waals surface area contributed by atoms with Gasteiger partial charge in [-0.1, -0.05) is 13.8 Å². The van der Waals surface area contributed by atoms with E-state index >= 15 is 0 Å². The molecule has 1 heterocycles. The molecule has 0 saturated carbocycles. The highest BCUT2D eigenvalue weighted by molar-refractivity contribution is 8.28. The summed E-state index contributed by atoms with van der Waals surface area (Å²) in [6, 6.07) is 8.03. The maximum Gasteiger partial charge on any atom is 0.136 e. The van der Waals surface area contributed by atoms with Crippen molar-refractivity contribution in [3.8, 4) is 11.5 Å². The van der Waals surface area contributed by atoms with E-state index in [-0.39, 0.29) is 0 Å². The second kappa shape index (κ2) is 8.20. The molecule has 2 atom stereocenters. The summed E-state index contributed by atoms with van der Waals surface area (Å²) >= 11 is 1.90. The second-order valence-corrected chi connectivity index (χ2v) is 9.75. The Morgan fingerprint density at radius 2 is 2.00 bits per heavy atom. The Hall–Kier alpha value is -0.520. The zero-order valence-electron chi connectivity index (χ0n) is 13.3. The molecule has 1 aromatic rings. The van der Waals surface area contributed by atoms with Crippen molar-refractivity contribution in [2.45, 2.75) is 20.3 Å². The van der Waals surface area contributed by atoms with Gasteiger partial charge in [0, 0.05) is 24.3 Å². The van der Waals surface area contributed by atoms with Crippen molar-refractivity contribution in [3.05, 3.63) is 24.3 Å². The van der Waals surface area contributed by atoms with Gasteiger partial charge in [0.05, 0.1) is 6.61 Å². The van der Waals surface area contributed by atoms with Crippen LogP contribution in [0, 0.1) is 5.92 Å². The molecule has 1 saturated heterocycles. The van der Waals surface area contributed by atoms with Crippen LogP contribution in [0.4, 0.5) is 0 Å². The van der Waals surface area contributed by atoms with E-state index in [1.54, 1.807) is 0 Å². The normalized spacial score (nSPS) is 28.6. The van der Waals surface area contributed by atoms with Crippen molar-refractivity contribution in [2.75, 3.05) is 36.7 Å². The van der Waals surface area contributed by atoms with Crippen molar-refractivity contribution in [1.82, 2.24) is 4.72 Å². The average Bonchev–Trinajstić information content (AvgIpc) is 2.45. The minimum Gasteiger partial charge on any atom is -0.493 e. The average molecular weight is 330 g/mol. The summed E-state index contributed by atoms with van der Waals surface area (Å²) < 4.78 is 15.5. The van der Waals surface area contributed by atoms with E-state index in [0.29, 0.717) is 0 Å². The van der Waals surface area contributed by atoms with Crippen molar-refractivity contribution >= 4 is 22.3 Å². The largest absolute Gasteiger partial charge is 0.493 e. The topological polar surface area (TPSA) is 30.5 Å². The highest BCUT2D eigenvalue weighted by Crippen LogP contribution is 2.46. The molecule has 1 aliphatic heterocycles. The third-order valence-corrected chi connectivity index (χ3v) is 6.90. The quantitative estimate of drug-likeness (QED) is 0.763. The smallest absolute Gasteiger partial charge is 0.136 e. The zero-order chi connectivity index (χ0) is 15.1. The van der Waals surface area contributed by atoms with E-state index in [9.17, 15) is 0 Å². The molecule has 1 aliphatic rings. The number of benzene rings is 1. The molecule has 1 N–H and O–H groups in total. The second-order valence-electron chi connectivity index (χ2n) is 5.56. The predicted octanol–water partition coefficient (Wildman–Crippen LogP) is 4.09. The Morgan fingerprint density at radius 3 is 2.67 bits per heavy atom. The third-order valence-electron chi connectivity index (χ3n) is 3.45. The molecule has 1 fully saturated rings. The van der Waals surface area contributed by atoms with Crippen LogP contribution in [0.2, 0.25) is 0 Å². The van der Waals surface area contributed by atoms with Crippen LogP contribution in [0.1, 0.15) is 20.3 Å². The van der Waals surface area contributed by atoms with Gasteiger partial charge in [-0.25, -0.2) is 0 Å². The van der Waals surface area contributed by atoms with Crippen LogP contribution in [0.25, 0.3) is 0 Å². The number of ether oxygens (including phenoxy) is 1. The fraction of sp³-hybridized carbons (Fsp3) is 0.625. The lowest BCUT2D eigenvalue weighted by atomic mass is 10.1. The first-order valence-corrected chi connectivity index (χ1v) is 10.9. The van der Waals surface area contributed by atoms with Gasteiger partial charge in [0.15, 0.2) is 0 Å². The molecule has 1 unspecified atom stereocenters. The summed E-state index contributed by atoms with van der Waals surface area (Å²) in [6.07, 6.45) is 3.46. The molecule has 0 aromatic heterocycles. The van der Waals surface area contributed by atoms with Crippen LogP contribution in [-0.2, 0) is 0 Å². The summed E-state index contributed by atoms with van der Waals surface area (Å²) in [5.74, 6) is 5.90. The maximum absolute atomic E-state index is 6.22. The summed E-state index contributed by atoms with van der Waals surface area (Å²) in [4.78, 5) is 0. The minimum atomic E-state index is -1.17. The van der Waals surface area contributed by atoms with Gasteiger partial charge in [-0.15, -0.1) is 0 Å². The molecule has 0 spiro atoms. The van der Waals surface area contributed by atoms with Crippen LogP contribution in [0.15, 0.2) is 24.3 Å². The molecule has 0 radical (unpaired) electrons. The summed E-state index contributed by atoms with van der Waals surface area (Å²) in [5, 5.41) is 0. The Labute approximate surface area is 134 Å². The number of nitrogens with one attached hydrogen (secondary N) is 1. The Balaban J connectivity index is 1.84. The summed E-state index contributed by atoms with van der Waals surface area (Å²) in [7, 11) is -1.17. The van der Waals surface area contributed by atoms with Crippen LogP contribution in [0.5, 0.6) is 11.5 Å². The molecule has 21 heavy (non-hydrogen) atoms. The Morgan fingerprint density at radius 1 is 1.29 bits per heavy atom. The molecule has 0 bridgehead atoms. The van der Waals surface area contributed by atoms with Gasteiger partial charge in [-0.2, -0.15) is 11.8 Å². The number of thioether (sulfide) groups is 1. The van der Waals surface area contributed by atoms with Gasteiger partial charge in [0.2, 0.25) is 0 Å². The molecule has 0 aliphatic carbocycles. The fourth-order valence-electron chi connectivity index (χ4n) is 2.44. The van der Waals surface area contributed by atoms with Gasteiger partial charge >= 0.3 is 0 Å². The van der Waals surface area contributed by atoms with Crippen molar-refractivity contribution in [3.63, 3.8) is 0 Å².